The van der Waals surface area contributed by atoms with Gasteiger partial charge in [-0.05, 0) is 129 Å². The van der Waals surface area contributed by atoms with Crippen molar-refractivity contribution in [3.63, 3.8) is 0 Å². The third-order valence-corrected chi connectivity index (χ3v) is 13.6. The summed E-state index contributed by atoms with van der Waals surface area (Å²) >= 11 is 7.11. The zero-order chi connectivity index (χ0) is 45.1. The van der Waals surface area contributed by atoms with E-state index in [4.69, 9.17) is 8.83 Å². The highest BCUT2D eigenvalue weighted by Crippen LogP contribution is 2.46. The molecule has 0 aliphatic carbocycles. The van der Waals surface area contributed by atoms with Crippen LogP contribution in [-0.2, 0) is 0 Å². The summed E-state index contributed by atoms with van der Waals surface area (Å²) in [6, 6.07) is 69.0. The van der Waals surface area contributed by atoms with E-state index in [0.717, 1.165) is 81.6 Å². The van der Waals surface area contributed by atoms with E-state index in [1.54, 1.807) is 0 Å². The van der Waals surface area contributed by atoms with E-state index in [0.29, 0.717) is 0 Å². The fourth-order valence-electron chi connectivity index (χ4n) is 9.16. The molecule has 12 aromatic rings. The second kappa shape index (κ2) is 17.9. The van der Waals surface area contributed by atoms with Gasteiger partial charge in [-0.25, -0.2) is 0 Å². The number of nitrogens with zero attached hydrogens (tertiary/aromatic N) is 2. The molecular weight excluding hydrogens is 952 g/mol. The van der Waals surface area contributed by atoms with E-state index in [1.807, 2.05) is 18.2 Å². The van der Waals surface area contributed by atoms with Gasteiger partial charge < -0.3 is 18.6 Å². The van der Waals surface area contributed by atoms with Gasteiger partial charge in [0.25, 0.3) is 0 Å². The molecule has 0 fully saturated rings. The molecule has 2 aromatic heterocycles. The van der Waals surface area contributed by atoms with Gasteiger partial charge >= 0.3 is 0 Å². The van der Waals surface area contributed by atoms with E-state index < -0.39 is 0 Å². The predicted octanol–water partition coefficient (Wildman–Crippen LogP) is 19.8. The van der Waals surface area contributed by atoms with Crippen molar-refractivity contribution in [1.29, 1.82) is 0 Å². The Bertz CT molecular complexity index is 3670. The van der Waals surface area contributed by atoms with Crippen LogP contribution >= 0.6 is 31.9 Å². The topological polar surface area (TPSA) is 32.8 Å². The largest absolute Gasteiger partial charge is 0.456 e. The molecule has 6 heteroatoms. The molecule has 0 unspecified atom stereocenters. The van der Waals surface area contributed by atoms with E-state index in [9.17, 15) is 0 Å². The van der Waals surface area contributed by atoms with Crippen LogP contribution in [0.1, 0.15) is 29.7 Å². The molecule has 0 spiro atoms. The first-order valence-corrected chi connectivity index (χ1v) is 23.7. The quantitative estimate of drug-likeness (QED) is 0.166. The van der Waals surface area contributed by atoms with Crippen LogP contribution in [0.3, 0.4) is 0 Å². The molecule has 0 saturated carbocycles. The van der Waals surface area contributed by atoms with Crippen LogP contribution in [0.5, 0.6) is 0 Å². The maximum absolute atomic E-state index is 6.81. The van der Waals surface area contributed by atoms with E-state index >= 15 is 0 Å². The normalized spacial score (nSPS) is 11.3. The average Bonchev–Trinajstić information content (AvgIpc) is 3.89. The standard InChI is InChI=1S/C44H36N2O.C16H8Br2O.CH4/c1-29-9-17-33(18-10-29)45(34-19-11-30(2)12-20-34)37-25-26-40-42(27-37)47-43-28-41(38-7-5-6-8-39(38)44(40)43)46(35-21-13-31(3)14-22-35)36-23-15-32(4)16-24-36;17-9-5-6-12-14(7-9)19-15-8-13(18)10-3-1-2-4-11(10)16(12)15;/h5-28H,1-4H3;1-8H;1H4. The van der Waals surface area contributed by atoms with Gasteiger partial charge in [0.05, 0.1) is 5.69 Å². The van der Waals surface area contributed by atoms with Crippen molar-refractivity contribution in [1.82, 2.24) is 0 Å². The van der Waals surface area contributed by atoms with Gasteiger partial charge in [0, 0.05) is 76.4 Å². The minimum absolute atomic E-state index is 0. The number of hydrogen-bond acceptors (Lipinski definition) is 4. The lowest BCUT2D eigenvalue weighted by atomic mass is 10.0. The van der Waals surface area contributed by atoms with Crippen LogP contribution in [0.15, 0.2) is 212 Å². The monoisotopic (exact) mass is 998 g/mol. The van der Waals surface area contributed by atoms with Crippen LogP contribution in [0.2, 0.25) is 0 Å². The van der Waals surface area contributed by atoms with E-state index in [2.05, 4.69) is 245 Å². The summed E-state index contributed by atoms with van der Waals surface area (Å²) < 4.78 is 14.9. The Labute approximate surface area is 407 Å². The minimum atomic E-state index is 0. The van der Waals surface area contributed by atoms with Crippen LogP contribution in [0.25, 0.3) is 65.4 Å². The maximum Gasteiger partial charge on any atom is 0.138 e. The molecule has 0 aliphatic heterocycles. The van der Waals surface area contributed by atoms with Crippen LogP contribution in [0.4, 0.5) is 34.1 Å². The molecule has 0 amide bonds. The summed E-state index contributed by atoms with van der Waals surface area (Å²) in [6.45, 7) is 8.50. The van der Waals surface area contributed by atoms with Gasteiger partial charge in [0.15, 0.2) is 0 Å². The third-order valence-electron chi connectivity index (χ3n) is 12.5. The highest BCUT2D eigenvalue weighted by Gasteiger charge is 2.22. The molecule has 0 atom stereocenters. The van der Waals surface area contributed by atoms with Gasteiger partial charge in [-0.1, -0.05) is 159 Å². The van der Waals surface area contributed by atoms with Gasteiger partial charge in [-0.2, -0.15) is 0 Å². The third kappa shape index (κ3) is 8.15. The van der Waals surface area contributed by atoms with E-state index in [1.165, 1.54) is 49.2 Å². The molecule has 0 radical (unpaired) electrons. The van der Waals surface area contributed by atoms with Gasteiger partial charge in [-0.3, -0.25) is 0 Å². The van der Waals surface area contributed by atoms with Crippen molar-refractivity contribution in [2.24, 2.45) is 0 Å². The van der Waals surface area contributed by atoms with Crippen molar-refractivity contribution >= 4 is 131 Å². The molecule has 0 bridgehead atoms. The summed E-state index contributed by atoms with van der Waals surface area (Å²) in [5.74, 6) is 0. The van der Waals surface area contributed by atoms with Crippen LogP contribution in [0, 0.1) is 27.7 Å². The molecular formula is C61H48Br2N2O2. The Morgan fingerprint density at radius 2 is 0.716 bits per heavy atom. The first kappa shape index (κ1) is 43.8. The SMILES string of the molecule is Brc1ccc2c(c1)oc1cc(Br)c3ccccc3c12.C.Cc1ccc(N(c2ccc(C)cc2)c2ccc3c(c2)oc2cc(N(c4ccc(C)cc4)c4ccc(C)cc4)c4ccccc4c23)cc1. The number of rotatable bonds is 6. The predicted molar refractivity (Wildman–Crippen MR) is 293 cm³/mol. The lowest BCUT2D eigenvalue weighted by molar-refractivity contribution is 0.668. The molecule has 0 aliphatic rings. The Hall–Kier alpha value is -7.12. The number of hydrogen-bond donors (Lipinski definition) is 0. The Morgan fingerprint density at radius 3 is 1.22 bits per heavy atom. The zero-order valence-electron chi connectivity index (χ0n) is 36.9. The summed E-state index contributed by atoms with van der Waals surface area (Å²) in [5, 5.41) is 9.35. The smallest absolute Gasteiger partial charge is 0.138 e. The fraction of sp³-hybridized carbons (Fsp3) is 0.0820. The van der Waals surface area contributed by atoms with Gasteiger partial charge in [0.2, 0.25) is 0 Å². The molecule has 0 saturated heterocycles. The summed E-state index contributed by atoms with van der Waals surface area (Å²) in [5.41, 5.74) is 15.0. The first-order chi connectivity index (χ1) is 32.2. The minimum Gasteiger partial charge on any atom is -0.456 e. The molecule has 4 nitrogen and oxygen atoms in total. The number of aryl methyl sites for hydroxylation is 4. The van der Waals surface area contributed by atoms with Gasteiger partial charge in [0.1, 0.15) is 22.3 Å². The Kier molecular flexibility index (Phi) is 11.7. The fourth-order valence-corrected chi connectivity index (χ4v) is 10.0. The lowest BCUT2D eigenvalue weighted by Gasteiger charge is -2.27. The number of fused-ring (bicyclic) bond motifs is 10. The highest BCUT2D eigenvalue weighted by atomic mass is 79.9. The summed E-state index contributed by atoms with van der Waals surface area (Å²) in [7, 11) is 0. The number of anilines is 6. The maximum atomic E-state index is 6.81. The second-order valence-electron chi connectivity index (χ2n) is 17.1. The van der Waals surface area contributed by atoms with Crippen molar-refractivity contribution in [3.8, 4) is 0 Å². The molecule has 67 heavy (non-hydrogen) atoms. The summed E-state index contributed by atoms with van der Waals surface area (Å²) in [4.78, 5) is 4.64. The van der Waals surface area contributed by atoms with Crippen molar-refractivity contribution in [2.45, 2.75) is 35.1 Å². The first-order valence-electron chi connectivity index (χ1n) is 22.1. The number of furan rings is 2. The molecule has 2 heterocycles. The second-order valence-corrected chi connectivity index (χ2v) is 18.9. The van der Waals surface area contributed by atoms with Crippen LogP contribution < -0.4 is 9.80 Å². The van der Waals surface area contributed by atoms with Crippen molar-refractivity contribution in [3.05, 3.63) is 225 Å². The van der Waals surface area contributed by atoms with E-state index in [-0.39, 0.29) is 7.43 Å². The van der Waals surface area contributed by atoms with Gasteiger partial charge in [-0.15, -0.1) is 0 Å². The Morgan fingerprint density at radius 1 is 0.328 bits per heavy atom. The van der Waals surface area contributed by atoms with Crippen LogP contribution in [-0.4, -0.2) is 0 Å². The van der Waals surface area contributed by atoms with Crippen molar-refractivity contribution in [2.75, 3.05) is 9.80 Å². The molecule has 328 valence electrons. The summed E-state index contributed by atoms with van der Waals surface area (Å²) in [6.07, 6.45) is 0. The lowest BCUT2D eigenvalue weighted by Crippen LogP contribution is -2.10. The number of benzene rings is 10. The highest BCUT2D eigenvalue weighted by molar-refractivity contribution is 9.11. The Balaban J connectivity index is 0.000000218. The number of halogens is 2. The average molecular weight is 1000 g/mol. The molecule has 10 aromatic carbocycles. The van der Waals surface area contributed by atoms with Crippen molar-refractivity contribution < 1.29 is 8.83 Å². The molecule has 12 rings (SSSR count). The molecule has 0 N–H and O–H groups in total. The zero-order valence-corrected chi connectivity index (χ0v) is 40.1.